The highest BCUT2D eigenvalue weighted by atomic mass is 35.5. The first-order valence-corrected chi connectivity index (χ1v) is 7.72. The Kier molecular flexibility index (Phi) is 7.08. The Morgan fingerprint density at radius 3 is 2.65 bits per heavy atom. The van der Waals surface area contributed by atoms with Crippen LogP contribution in [0.25, 0.3) is 16.6 Å². The normalized spacial score (nSPS) is 10.8. The van der Waals surface area contributed by atoms with Gasteiger partial charge < -0.3 is 11.1 Å². The lowest BCUT2D eigenvalue weighted by Crippen LogP contribution is -2.49. The van der Waals surface area contributed by atoms with E-state index in [1.807, 2.05) is 51.1 Å². The van der Waals surface area contributed by atoms with E-state index in [9.17, 15) is 4.79 Å². The Morgan fingerprint density at radius 1 is 1.23 bits per heavy atom. The van der Waals surface area contributed by atoms with Gasteiger partial charge in [0.1, 0.15) is 0 Å². The fourth-order valence-electron chi connectivity index (χ4n) is 2.46. The maximum Gasteiger partial charge on any atom is 0.274 e. The molecule has 0 bridgehead atoms. The number of hydrogen-bond acceptors (Lipinski definition) is 5. The van der Waals surface area contributed by atoms with Crippen LogP contribution in [0.1, 0.15) is 30.0 Å². The van der Waals surface area contributed by atoms with Crippen LogP contribution in [0.3, 0.4) is 0 Å². The highest BCUT2D eigenvalue weighted by molar-refractivity contribution is 5.94. The van der Waals surface area contributed by atoms with Gasteiger partial charge in [-0.3, -0.25) is 9.78 Å². The summed E-state index contributed by atoms with van der Waals surface area (Å²) < 4.78 is 1.66. The maximum absolute atomic E-state index is 12.5. The second-order valence-electron chi connectivity index (χ2n) is 6.32. The van der Waals surface area contributed by atoms with Gasteiger partial charge in [0, 0.05) is 23.7 Å². The van der Waals surface area contributed by atoms with Gasteiger partial charge in [0.2, 0.25) is 0 Å². The quantitative estimate of drug-likeness (QED) is 0.705. The first-order valence-electron chi connectivity index (χ1n) is 7.72. The fourth-order valence-corrected chi connectivity index (χ4v) is 2.46. The van der Waals surface area contributed by atoms with E-state index < -0.39 is 5.54 Å². The van der Waals surface area contributed by atoms with E-state index in [-0.39, 0.29) is 36.4 Å². The van der Waals surface area contributed by atoms with Crippen molar-refractivity contribution >= 4 is 41.6 Å². The van der Waals surface area contributed by atoms with Crippen molar-refractivity contribution in [1.82, 2.24) is 25.3 Å². The minimum Gasteiger partial charge on any atom is -0.344 e. The minimum absolute atomic E-state index is 0. The van der Waals surface area contributed by atoms with Crippen LogP contribution in [0, 0.1) is 6.92 Å². The summed E-state index contributed by atoms with van der Waals surface area (Å²) in [6.45, 7) is 5.88. The van der Waals surface area contributed by atoms with Gasteiger partial charge >= 0.3 is 0 Å². The number of carbonyl (C=O) groups is 1. The number of hydrogen-bond donors (Lipinski definition) is 2. The summed E-state index contributed by atoms with van der Waals surface area (Å²) in [6.07, 6.45) is 1.74. The number of nitrogens with two attached hydrogens (primary N) is 1. The van der Waals surface area contributed by atoms with Gasteiger partial charge in [-0.05, 0) is 45.0 Å². The van der Waals surface area contributed by atoms with E-state index in [0.29, 0.717) is 12.2 Å². The van der Waals surface area contributed by atoms with Crippen molar-refractivity contribution in [3.63, 3.8) is 0 Å². The topological polar surface area (TPSA) is 98.7 Å². The zero-order valence-electron chi connectivity index (χ0n) is 14.8. The van der Waals surface area contributed by atoms with Gasteiger partial charge in [0.15, 0.2) is 5.69 Å². The van der Waals surface area contributed by atoms with Crippen LogP contribution in [0.4, 0.5) is 0 Å². The van der Waals surface area contributed by atoms with Gasteiger partial charge in [-0.1, -0.05) is 11.3 Å². The number of rotatable bonds is 4. The fraction of sp³-hybridized carbons (Fsp3) is 0.294. The summed E-state index contributed by atoms with van der Waals surface area (Å²) >= 11 is 0. The Bertz CT molecular complexity index is 904. The molecule has 3 aromatic rings. The van der Waals surface area contributed by atoms with Crippen LogP contribution in [0.5, 0.6) is 0 Å². The predicted octanol–water partition coefficient (Wildman–Crippen LogP) is 2.43. The van der Waals surface area contributed by atoms with Crippen LogP contribution >= 0.6 is 24.8 Å². The van der Waals surface area contributed by atoms with Crippen LogP contribution in [-0.4, -0.2) is 38.0 Å². The molecule has 0 spiro atoms. The van der Waals surface area contributed by atoms with Crippen molar-refractivity contribution in [3.05, 3.63) is 47.9 Å². The Hall–Kier alpha value is -2.22. The molecular formula is C17H22Cl2N6O. The molecule has 0 atom stereocenters. The van der Waals surface area contributed by atoms with Crippen LogP contribution in [0.15, 0.2) is 36.5 Å². The molecule has 26 heavy (non-hydrogen) atoms. The molecule has 140 valence electrons. The zero-order valence-corrected chi connectivity index (χ0v) is 16.4. The number of pyridine rings is 1. The van der Waals surface area contributed by atoms with Crippen molar-refractivity contribution in [2.45, 2.75) is 26.3 Å². The molecule has 0 saturated heterocycles. The molecule has 1 aromatic carbocycles. The average Bonchev–Trinajstić information content (AvgIpc) is 2.95. The third-order valence-electron chi connectivity index (χ3n) is 3.92. The number of halogens is 2. The molecule has 1 amide bonds. The molecule has 2 heterocycles. The van der Waals surface area contributed by atoms with Gasteiger partial charge in [-0.15, -0.1) is 29.9 Å². The lowest BCUT2D eigenvalue weighted by Gasteiger charge is -2.23. The van der Waals surface area contributed by atoms with Crippen LogP contribution in [0.2, 0.25) is 0 Å². The van der Waals surface area contributed by atoms with Gasteiger partial charge in [0.05, 0.1) is 16.9 Å². The molecule has 3 rings (SSSR count). The van der Waals surface area contributed by atoms with Crippen molar-refractivity contribution in [2.24, 2.45) is 5.73 Å². The summed E-state index contributed by atoms with van der Waals surface area (Å²) in [6, 6.07) is 9.61. The second kappa shape index (κ2) is 8.44. The number of nitrogens with zero attached hydrogens (tertiary/aromatic N) is 4. The molecule has 0 aliphatic heterocycles. The summed E-state index contributed by atoms with van der Waals surface area (Å²) in [4.78, 5) is 16.8. The molecule has 0 saturated carbocycles. The molecule has 0 fully saturated rings. The largest absolute Gasteiger partial charge is 0.344 e. The molecule has 0 unspecified atom stereocenters. The van der Waals surface area contributed by atoms with E-state index in [2.05, 4.69) is 20.6 Å². The van der Waals surface area contributed by atoms with E-state index in [1.54, 1.807) is 10.9 Å². The van der Waals surface area contributed by atoms with E-state index in [1.165, 1.54) is 0 Å². The Labute approximate surface area is 164 Å². The molecule has 0 aliphatic carbocycles. The number of aromatic nitrogens is 4. The first-order chi connectivity index (χ1) is 11.4. The minimum atomic E-state index is -0.503. The molecule has 0 radical (unpaired) electrons. The first kappa shape index (κ1) is 21.8. The lowest BCUT2D eigenvalue weighted by molar-refractivity contribution is 0.0910. The lowest BCUT2D eigenvalue weighted by atomic mass is 10.1. The molecule has 7 nitrogen and oxygen atoms in total. The van der Waals surface area contributed by atoms with Gasteiger partial charge in [-0.25, -0.2) is 4.68 Å². The van der Waals surface area contributed by atoms with Gasteiger partial charge in [-0.2, -0.15) is 0 Å². The van der Waals surface area contributed by atoms with Gasteiger partial charge in [0.25, 0.3) is 5.91 Å². The van der Waals surface area contributed by atoms with E-state index >= 15 is 0 Å². The SMILES string of the molecule is Cc1c(C(=O)NC(C)(C)CN)nnn1-c1cccc2ncccc12.Cl.Cl. The number of nitrogens with one attached hydrogen (secondary N) is 1. The average molecular weight is 397 g/mol. The molecule has 3 N–H and O–H groups in total. The van der Waals surface area contributed by atoms with Crippen LogP contribution in [-0.2, 0) is 0 Å². The summed E-state index contributed by atoms with van der Waals surface area (Å²) in [5.41, 5.74) is 7.81. The predicted molar refractivity (Wildman–Crippen MR) is 106 cm³/mol. The number of amides is 1. The molecule has 2 aromatic heterocycles. The Balaban J connectivity index is 0.00000169. The summed E-state index contributed by atoms with van der Waals surface area (Å²) in [7, 11) is 0. The van der Waals surface area contributed by atoms with Crippen molar-refractivity contribution in [2.75, 3.05) is 6.54 Å². The summed E-state index contributed by atoms with van der Waals surface area (Å²) in [5, 5.41) is 12.0. The highest BCUT2D eigenvalue weighted by Gasteiger charge is 2.24. The second-order valence-corrected chi connectivity index (χ2v) is 6.32. The van der Waals surface area contributed by atoms with Crippen molar-refractivity contribution < 1.29 is 4.79 Å². The standard InChI is InChI=1S/C17H20N6O.2ClH/c1-11-15(16(24)20-17(2,3)10-18)21-22-23(11)14-8-4-7-13-12(14)6-5-9-19-13;;/h4-9H,10,18H2,1-3H3,(H,20,24);2*1H. The molecule has 9 heteroatoms. The Morgan fingerprint density at radius 2 is 1.96 bits per heavy atom. The van der Waals surface area contributed by atoms with E-state index in [4.69, 9.17) is 5.73 Å². The molecule has 0 aliphatic rings. The third kappa shape index (κ3) is 4.12. The monoisotopic (exact) mass is 396 g/mol. The third-order valence-corrected chi connectivity index (χ3v) is 3.92. The highest BCUT2D eigenvalue weighted by Crippen LogP contribution is 2.21. The molecular weight excluding hydrogens is 375 g/mol. The number of carbonyl (C=O) groups excluding carboxylic acids is 1. The van der Waals surface area contributed by atoms with Crippen molar-refractivity contribution in [1.29, 1.82) is 0 Å². The van der Waals surface area contributed by atoms with E-state index in [0.717, 1.165) is 16.6 Å². The number of fused-ring (bicyclic) bond motifs is 1. The maximum atomic E-state index is 12.5. The smallest absolute Gasteiger partial charge is 0.274 e. The van der Waals surface area contributed by atoms with Crippen LogP contribution < -0.4 is 11.1 Å². The summed E-state index contributed by atoms with van der Waals surface area (Å²) in [5.74, 6) is -0.285. The zero-order chi connectivity index (χ0) is 17.3. The van der Waals surface area contributed by atoms with Crippen molar-refractivity contribution in [3.8, 4) is 5.69 Å². The number of benzene rings is 1.